The van der Waals surface area contributed by atoms with Crippen LogP contribution in [-0.2, 0) is 71.1 Å². The van der Waals surface area contributed by atoms with Gasteiger partial charge < -0.3 is 86.7 Å². The highest BCUT2D eigenvalue weighted by Gasteiger charge is 2.74. The number of aliphatic hydroxyl groups excluding tert-OH is 3. The summed E-state index contributed by atoms with van der Waals surface area (Å²) in [5, 5.41) is 42.6. The summed E-state index contributed by atoms with van der Waals surface area (Å²) in [6, 6.07) is 0. The van der Waals surface area contributed by atoms with Gasteiger partial charge in [-0.15, -0.1) is 0 Å². The molecule has 15 aliphatic heterocycles. The monoisotopic (exact) mass is 1140 g/mol. The van der Waals surface area contributed by atoms with Crippen LogP contribution in [0.15, 0.2) is 24.3 Å². The lowest BCUT2D eigenvalue weighted by Gasteiger charge is -2.51. The van der Waals surface area contributed by atoms with Crippen molar-refractivity contribution < 1.29 is 91.5 Å². The molecule has 16 aliphatic rings. The Morgan fingerprint density at radius 1 is 0.556 bits per heavy atom. The normalized spacial score (nSPS) is 57.0. The minimum atomic E-state index is -1.45. The van der Waals surface area contributed by atoms with Crippen LogP contribution >= 0.6 is 0 Å². The molecule has 3 spiro atoms. The Labute approximate surface area is 475 Å². The van der Waals surface area contributed by atoms with Gasteiger partial charge in [-0.3, -0.25) is 4.79 Å². The minimum Gasteiger partial charge on any atom is -0.459 e. The molecular weight excluding hydrogens is 1050 g/mol. The largest absolute Gasteiger partial charge is 0.459 e. The van der Waals surface area contributed by atoms with E-state index in [1.807, 2.05) is 0 Å². The standard InChI is InChI=1S/C62H90O19/c1-28-15-35-8-11-40-29(2)16-37(68-40)13-14-59-23-38-48(24-59)74-58-57(80-59)56-41(79-62(38,58)67)12-9-36(70-56)17-51(66)75-55-33(6)54-46(71-45(55)18-42(69-35)32(28)5)20-44-49(73-54)25-61(76-44)26-50-53(81-61)31(4)22-60(78-50)21-30(3)52-47(77-60)19-43(72-52)39(65)10-7-34(64)27-63/h28,30-31,33-50,52-58,63-65,67H,2,5,7-27H2,1,3-4,6H3/t28-,30+,31+,33+,34?,35+,36-,37+,38+,39+,40+,41+,42?,43+,44-,45+,46+,47+,48-,49-,50+,52+,53+,54+,55-,56+,57+,58+,59-,60-,61+,62+/m1/s1. The third-order valence-corrected chi connectivity index (χ3v) is 23.0. The zero-order valence-electron chi connectivity index (χ0n) is 47.8. The van der Waals surface area contributed by atoms with Gasteiger partial charge in [0.05, 0.1) is 135 Å². The van der Waals surface area contributed by atoms with Gasteiger partial charge in [-0.05, 0) is 99.5 Å². The van der Waals surface area contributed by atoms with E-state index in [1.54, 1.807) is 0 Å². The summed E-state index contributed by atoms with van der Waals surface area (Å²) in [5.74, 6) is -3.60. The van der Waals surface area contributed by atoms with Crippen LogP contribution in [-0.4, -0.2) is 196 Å². The number of aliphatic hydroxyl groups is 4. The SMILES string of the molecule is C=C1C2C[C@@H]3O[C@H]4C[C@H]5O[C@@]6(C[C@@H]7O[C@]8(C[C@H](C)[C@@H]9O[C@H]([C@@H](O)CCC(O)CO)C[C@@H]9O8)C[C@H](C)[C@@H]7O6)C[C@H]5O[C@H]4[C@H](C)[C@H]3OC(=O)C[C@H]3CC[C@@H]4O[C@@]5(O)[C@H]6C[C@]7(CC[C@H]8CC(=C)[C@H](CC[C@@H](C[C@H]1C)O2)O8)C[C@H]6O[C@H]5[C@@H](O7)[C@H]4O3. The van der Waals surface area contributed by atoms with E-state index in [-0.39, 0.29) is 128 Å². The zero-order valence-corrected chi connectivity index (χ0v) is 47.8. The van der Waals surface area contributed by atoms with E-state index in [2.05, 4.69) is 40.9 Å². The first-order chi connectivity index (χ1) is 38.8. The molecule has 0 aromatic heterocycles. The van der Waals surface area contributed by atoms with E-state index in [1.165, 1.54) is 0 Å². The first kappa shape index (κ1) is 55.8. The van der Waals surface area contributed by atoms with Crippen molar-refractivity contribution in [2.24, 2.45) is 29.6 Å². The van der Waals surface area contributed by atoms with Crippen molar-refractivity contribution in [1.29, 1.82) is 0 Å². The lowest BCUT2D eigenvalue weighted by atomic mass is 9.79. The number of ether oxygens (including phenoxy) is 14. The van der Waals surface area contributed by atoms with Crippen molar-refractivity contribution in [2.75, 3.05) is 6.61 Å². The Balaban J connectivity index is 0.652. The summed E-state index contributed by atoms with van der Waals surface area (Å²) in [6.07, 6.45) is 3.21. The zero-order chi connectivity index (χ0) is 55.6. The second-order valence-corrected chi connectivity index (χ2v) is 28.6. The molecule has 16 rings (SSSR count). The van der Waals surface area contributed by atoms with Gasteiger partial charge in [-0.2, -0.15) is 0 Å². The maximum atomic E-state index is 14.6. The van der Waals surface area contributed by atoms with Gasteiger partial charge in [0.2, 0.25) is 5.79 Å². The number of carbonyl (C=O) groups is 1. The summed E-state index contributed by atoms with van der Waals surface area (Å²) in [4.78, 5) is 14.6. The maximum Gasteiger partial charge on any atom is 0.308 e. The Morgan fingerprint density at radius 3 is 2.14 bits per heavy atom. The van der Waals surface area contributed by atoms with E-state index >= 15 is 0 Å². The molecule has 1 aliphatic carbocycles. The van der Waals surface area contributed by atoms with Crippen molar-refractivity contribution in [2.45, 2.75) is 319 Å². The third-order valence-electron chi connectivity index (χ3n) is 23.0. The van der Waals surface area contributed by atoms with Gasteiger partial charge >= 0.3 is 5.97 Å². The van der Waals surface area contributed by atoms with Gasteiger partial charge in [0.25, 0.3) is 0 Å². The molecule has 4 N–H and O–H groups in total. The molecule has 12 bridgehead atoms. The summed E-state index contributed by atoms with van der Waals surface area (Å²) in [5.41, 5.74) is 1.63. The summed E-state index contributed by atoms with van der Waals surface area (Å²) < 4.78 is 96.9. The fourth-order valence-electron chi connectivity index (χ4n) is 19.0. The number of esters is 1. The van der Waals surface area contributed by atoms with Crippen LogP contribution in [0.25, 0.3) is 0 Å². The van der Waals surface area contributed by atoms with Gasteiger partial charge in [0.1, 0.15) is 24.4 Å². The molecule has 2 unspecified atom stereocenters. The van der Waals surface area contributed by atoms with Crippen molar-refractivity contribution >= 4 is 5.97 Å². The van der Waals surface area contributed by atoms with E-state index in [0.29, 0.717) is 77.0 Å². The first-order valence-electron chi connectivity index (χ1n) is 31.7. The predicted molar refractivity (Wildman–Crippen MR) is 283 cm³/mol. The summed E-state index contributed by atoms with van der Waals surface area (Å²) in [7, 11) is 0. The van der Waals surface area contributed by atoms with Crippen molar-refractivity contribution in [3.63, 3.8) is 0 Å². The van der Waals surface area contributed by atoms with Crippen LogP contribution < -0.4 is 0 Å². The smallest absolute Gasteiger partial charge is 0.308 e. The molecule has 1 saturated carbocycles. The van der Waals surface area contributed by atoms with Crippen LogP contribution in [0, 0.1) is 29.6 Å². The molecule has 32 atom stereocenters. The van der Waals surface area contributed by atoms with E-state index < -0.39 is 90.1 Å². The van der Waals surface area contributed by atoms with Gasteiger partial charge in [-0.25, -0.2) is 0 Å². The van der Waals surface area contributed by atoms with E-state index in [4.69, 9.17) is 66.3 Å². The quantitative estimate of drug-likeness (QED) is 0.202. The molecule has 0 radical (unpaired) electrons. The highest BCUT2D eigenvalue weighted by atomic mass is 16.8. The highest BCUT2D eigenvalue weighted by molar-refractivity contribution is 5.70. The molecule has 15 saturated heterocycles. The molecule has 19 heteroatoms. The molecule has 15 heterocycles. The molecule has 452 valence electrons. The van der Waals surface area contributed by atoms with Crippen LogP contribution in [0.1, 0.15) is 156 Å². The van der Waals surface area contributed by atoms with Gasteiger partial charge in [-0.1, -0.05) is 40.9 Å². The first-order valence-corrected chi connectivity index (χ1v) is 31.7. The average molecular weight is 1140 g/mol. The van der Waals surface area contributed by atoms with E-state index in [0.717, 1.165) is 49.7 Å². The summed E-state index contributed by atoms with van der Waals surface area (Å²) >= 11 is 0. The lowest BCUT2D eigenvalue weighted by molar-refractivity contribution is -0.354. The number of rotatable bonds is 5. The second-order valence-electron chi connectivity index (χ2n) is 28.6. The van der Waals surface area contributed by atoms with Crippen LogP contribution in [0.3, 0.4) is 0 Å². The van der Waals surface area contributed by atoms with Crippen molar-refractivity contribution in [3.8, 4) is 0 Å². The highest BCUT2D eigenvalue weighted by Crippen LogP contribution is 2.62. The number of fused-ring (bicyclic) bond motifs is 10. The molecule has 0 amide bonds. The Bertz CT molecular complexity index is 2410. The van der Waals surface area contributed by atoms with Gasteiger partial charge in [0, 0.05) is 63.2 Å². The fourth-order valence-corrected chi connectivity index (χ4v) is 19.0. The van der Waals surface area contributed by atoms with Crippen molar-refractivity contribution in [1.82, 2.24) is 0 Å². The molecule has 16 fully saturated rings. The van der Waals surface area contributed by atoms with Crippen LogP contribution in [0.5, 0.6) is 0 Å². The molecule has 81 heavy (non-hydrogen) atoms. The number of hydrogen-bond acceptors (Lipinski definition) is 19. The number of hydrogen-bond donors (Lipinski definition) is 4. The predicted octanol–water partition coefficient (Wildman–Crippen LogP) is 5.30. The van der Waals surface area contributed by atoms with Crippen LogP contribution in [0.2, 0.25) is 0 Å². The Kier molecular flexibility index (Phi) is 14.3. The molecule has 19 nitrogen and oxygen atoms in total. The average Bonchev–Trinajstić information content (AvgIpc) is 2.27. The minimum absolute atomic E-state index is 0.0236. The fraction of sp³-hybridized carbons (Fsp3) is 0.919. The van der Waals surface area contributed by atoms with E-state index in [9.17, 15) is 25.2 Å². The Hall–Kier alpha value is -1.73. The topological polar surface area (TPSA) is 227 Å². The second kappa shape index (κ2) is 20.7. The molecule has 0 aromatic carbocycles. The lowest BCUT2D eigenvalue weighted by Crippen LogP contribution is -2.66. The number of carbonyl (C=O) groups excluding carboxylic acids is 1. The Morgan fingerprint density at radius 2 is 1.30 bits per heavy atom. The summed E-state index contributed by atoms with van der Waals surface area (Å²) in [6.45, 7) is 17.5. The third kappa shape index (κ3) is 9.65. The van der Waals surface area contributed by atoms with Crippen LogP contribution in [0.4, 0.5) is 0 Å². The molecular formula is C62H90O19. The van der Waals surface area contributed by atoms with Gasteiger partial charge in [0.15, 0.2) is 11.6 Å². The molecule has 0 aromatic rings. The maximum absolute atomic E-state index is 14.6. The van der Waals surface area contributed by atoms with Crippen molar-refractivity contribution in [3.05, 3.63) is 24.3 Å².